The standard InChI is InChI=1S/C26H39N7O5/c1-16(2)22(25(36)32-21(26(37)38)12-17-8-4-3-5-9-17)33-24(35)20(13-18-14-29-15-30-18)31-23(34)19(28)10-6-7-11-27/h3-5,8-9,14-16,19-22H,6-7,10-13,27-28H2,1-2H3,(H,29,30)(H,31,34)(H,32,36)(H,33,35)(H,37,38). The predicted octanol–water partition coefficient (Wildman–Crippen LogP) is -0.154. The third kappa shape index (κ3) is 9.94. The number of aromatic amines is 1. The van der Waals surface area contributed by atoms with Gasteiger partial charge in [0.2, 0.25) is 17.7 Å². The van der Waals surface area contributed by atoms with Gasteiger partial charge in [0, 0.05) is 24.7 Å². The maximum Gasteiger partial charge on any atom is 0.326 e. The van der Waals surface area contributed by atoms with Crippen LogP contribution in [0, 0.1) is 5.92 Å². The van der Waals surface area contributed by atoms with Crippen molar-refractivity contribution in [1.82, 2.24) is 25.9 Å². The van der Waals surface area contributed by atoms with Crippen molar-refractivity contribution in [3.05, 3.63) is 54.1 Å². The molecule has 4 atom stereocenters. The summed E-state index contributed by atoms with van der Waals surface area (Å²) in [4.78, 5) is 57.8. The second-order valence-corrected chi connectivity index (χ2v) is 9.55. The van der Waals surface area contributed by atoms with Crippen molar-refractivity contribution in [2.24, 2.45) is 17.4 Å². The molecule has 0 saturated carbocycles. The topological polar surface area (TPSA) is 205 Å². The fraction of sp³-hybridized carbons (Fsp3) is 0.500. The van der Waals surface area contributed by atoms with E-state index in [-0.39, 0.29) is 18.8 Å². The molecule has 0 radical (unpaired) electrons. The maximum absolute atomic E-state index is 13.3. The van der Waals surface area contributed by atoms with Crippen molar-refractivity contribution in [2.45, 2.75) is 70.1 Å². The van der Waals surface area contributed by atoms with Gasteiger partial charge >= 0.3 is 5.97 Å². The van der Waals surface area contributed by atoms with Gasteiger partial charge in [0.1, 0.15) is 18.1 Å². The number of carbonyl (C=O) groups is 4. The molecule has 1 aromatic carbocycles. The van der Waals surface area contributed by atoms with E-state index < -0.39 is 47.9 Å². The first-order chi connectivity index (χ1) is 18.1. The molecule has 0 aliphatic carbocycles. The van der Waals surface area contributed by atoms with Crippen LogP contribution < -0.4 is 27.4 Å². The average Bonchev–Trinajstić information content (AvgIpc) is 3.39. The second kappa shape index (κ2) is 15.5. The van der Waals surface area contributed by atoms with Gasteiger partial charge in [0.15, 0.2) is 0 Å². The molecular weight excluding hydrogens is 490 g/mol. The number of hydrogen-bond donors (Lipinski definition) is 7. The van der Waals surface area contributed by atoms with Crippen LogP contribution in [-0.2, 0) is 32.0 Å². The molecule has 12 heteroatoms. The van der Waals surface area contributed by atoms with Gasteiger partial charge in [-0.05, 0) is 30.9 Å². The first-order valence-electron chi connectivity index (χ1n) is 12.7. The monoisotopic (exact) mass is 529 g/mol. The zero-order valence-electron chi connectivity index (χ0n) is 21.9. The highest BCUT2D eigenvalue weighted by Crippen LogP contribution is 2.09. The number of imidazole rings is 1. The normalized spacial score (nSPS) is 14.2. The van der Waals surface area contributed by atoms with Crippen LogP contribution in [-0.4, -0.2) is 69.5 Å². The molecule has 9 N–H and O–H groups in total. The van der Waals surface area contributed by atoms with Crippen LogP contribution >= 0.6 is 0 Å². The molecule has 38 heavy (non-hydrogen) atoms. The Morgan fingerprint density at radius 2 is 1.63 bits per heavy atom. The molecule has 3 amide bonds. The van der Waals surface area contributed by atoms with Gasteiger partial charge in [-0.1, -0.05) is 50.6 Å². The van der Waals surface area contributed by atoms with E-state index in [9.17, 15) is 24.3 Å². The van der Waals surface area contributed by atoms with Gasteiger partial charge in [-0.3, -0.25) is 14.4 Å². The third-order valence-corrected chi connectivity index (χ3v) is 6.06. The number of nitrogens with two attached hydrogens (primary N) is 2. The molecule has 2 aromatic rings. The zero-order chi connectivity index (χ0) is 28.1. The van der Waals surface area contributed by atoms with Crippen LogP contribution in [0.2, 0.25) is 0 Å². The number of amides is 3. The van der Waals surface area contributed by atoms with E-state index in [1.165, 1.54) is 12.5 Å². The molecule has 0 saturated heterocycles. The van der Waals surface area contributed by atoms with Gasteiger partial charge in [-0.2, -0.15) is 0 Å². The molecule has 0 aliphatic heterocycles. The van der Waals surface area contributed by atoms with Crippen LogP contribution in [0.5, 0.6) is 0 Å². The Morgan fingerprint density at radius 3 is 2.21 bits per heavy atom. The number of carbonyl (C=O) groups excluding carboxylic acids is 3. The zero-order valence-corrected chi connectivity index (χ0v) is 21.9. The summed E-state index contributed by atoms with van der Waals surface area (Å²) in [6.07, 6.45) is 4.97. The second-order valence-electron chi connectivity index (χ2n) is 9.55. The summed E-state index contributed by atoms with van der Waals surface area (Å²) in [5.41, 5.74) is 12.8. The van der Waals surface area contributed by atoms with E-state index in [2.05, 4.69) is 25.9 Å². The number of H-pyrrole nitrogens is 1. The molecule has 0 fully saturated rings. The van der Waals surface area contributed by atoms with E-state index in [0.29, 0.717) is 25.1 Å². The molecule has 0 spiro atoms. The van der Waals surface area contributed by atoms with Crippen molar-refractivity contribution < 1.29 is 24.3 Å². The van der Waals surface area contributed by atoms with Crippen molar-refractivity contribution in [3.63, 3.8) is 0 Å². The summed E-state index contributed by atoms with van der Waals surface area (Å²) in [7, 11) is 0. The molecule has 12 nitrogen and oxygen atoms in total. The molecule has 1 heterocycles. The highest BCUT2D eigenvalue weighted by atomic mass is 16.4. The smallest absolute Gasteiger partial charge is 0.326 e. The van der Waals surface area contributed by atoms with E-state index in [4.69, 9.17) is 11.5 Å². The van der Waals surface area contributed by atoms with Gasteiger partial charge < -0.3 is 37.5 Å². The summed E-state index contributed by atoms with van der Waals surface area (Å²) < 4.78 is 0. The first-order valence-corrected chi connectivity index (χ1v) is 12.7. The Bertz CT molecular complexity index is 1030. The molecular formula is C26H39N7O5. The minimum absolute atomic E-state index is 0.0845. The molecule has 0 bridgehead atoms. The van der Waals surface area contributed by atoms with E-state index >= 15 is 0 Å². The van der Waals surface area contributed by atoms with E-state index in [0.717, 1.165) is 12.0 Å². The number of hydrogen-bond acceptors (Lipinski definition) is 7. The van der Waals surface area contributed by atoms with Gasteiger partial charge in [-0.25, -0.2) is 9.78 Å². The lowest BCUT2D eigenvalue weighted by Crippen LogP contribution is -2.59. The van der Waals surface area contributed by atoms with E-state index in [1.807, 2.05) is 6.07 Å². The van der Waals surface area contributed by atoms with Crippen molar-refractivity contribution in [1.29, 1.82) is 0 Å². The molecule has 4 unspecified atom stereocenters. The summed E-state index contributed by atoms with van der Waals surface area (Å²) in [5.74, 6) is -3.30. The van der Waals surface area contributed by atoms with Crippen LogP contribution in [0.15, 0.2) is 42.9 Å². The number of carboxylic acids is 1. The number of nitrogens with one attached hydrogen (secondary N) is 4. The fourth-order valence-electron chi connectivity index (χ4n) is 3.84. The SMILES string of the molecule is CC(C)C(NC(=O)C(Cc1cnc[nH]1)NC(=O)C(N)CCCCN)C(=O)NC(Cc1ccccc1)C(=O)O. The Hall–Kier alpha value is -3.77. The average molecular weight is 530 g/mol. The number of unbranched alkanes of at least 4 members (excludes halogenated alkanes) is 1. The minimum Gasteiger partial charge on any atom is -0.480 e. The summed E-state index contributed by atoms with van der Waals surface area (Å²) in [6.45, 7) is 3.95. The lowest BCUT2D eigenvalue weighted by atomic mass is 10.00. The highest BCUT2D eigenvalue weighted by Gasteiger charge is 2.32. The Labute approximate surface area is 222 Å². The van der Waals surface area contributed by atoms with Crippen molar-refractivity contribution >= 4 is 23.7 Å². The number of benzene rings is 1. The summed E-state index contributed by atoms with van der Waals surface area (Å²) in [6, 6.07) is 4.83. The van der Waals surface area contributed by atoms with Crippen LogP contribution in [0.4, 0.5) is 0 Å². The third-order valence-electron chi connectivity index (χ3n) is 6.06. The molecule has 208 valence electrons. The Balaban J connectivity index is 2.12. The molecule has 2 rings (SSSR count). The molecule has 0 aliphatic rings. The largest absolute Gasteiger partial charge is 0.480 e. The van der Waals surface area contributed by atoms with E-state index in [1.54, 1.807) is 38.1 Å². The lowest BCUT2D eigenvalue weighted by Gasteiger charge is -2.27. The van der Waals surface area contributed by atoms with Crippen LogP contribution in [0.25, 0.3) is 0 Å². The van der Waals surface area contributed by atoms with Gasteiger partial charge in [-0.15, -0.1) is 0 Å². The van der Waals surface area contributed by atoms with Crippen LogP contribution in [0.1, 0.15) is 44.4 Å². The van der Waals surface area contributed by atoms with Crippen molar-refractivity contribution in [3.8, 4) is 0 Å². The number of rotatable bonds is 16. The van der Waals surface area contributed by atoms with Crippen LogP contribution in [0.3, 0.4) is 0 Å². The number of nitrogens with zero attached hydrogens (tertiary/aromatic N) is 1. The maximum atomic E-state index is 13.3. The van der Waals surface area contributed by atoms with Gasteiger partial charge in [0.25, 0.3) is 0 Å². The Kier molecular flexibility index (Phi) is 12.4. The number of carboxylic acid groups (broad SMARTS) is 1. The van der Waals surface area contributed by atoms with Gasteiger partial charge in [0.05, 0.1) is 12.4 Å². The summed E-state index contributed by atoms with van der Waals surface area (Å²) in [5, 5.41) is 17.6. The number of aromatic nitrogens is 2. The highest BCUT2D eigenvalue weighted by molar-refractivity contribution is 5.94. The minimum atomic E-state index is -1.19. The first kappa shape index (κ1) is 30.5. The lowest BCUT2D eigenvalue weighted by molar-refractivity contribution is -0.142. The Morgan fingerprint density at radius 1 is 0.947 bits per heavy atom. The molecule has 1 aromatic heterocycles. The quantitative estimate of drug-likeness (QED) is 0.145. The number of aliphatic carboxylic acids is 1. The summed E-state index contributed by atoms with van der Waals surface area (Å²) >= 11 is 0. The predicted molar refractivity (Wildman–Crippen MR) is 142 cm³/mol. The fourth-order valence-corrected chi connectivity index (χ4v) is 3.84. The van der Waals surface area contributed by atoms with Crippen molar-refractivity contribution in [2.75, 3.05) is 6.54 Å².